The molecule has 2 aromatic carbocycles. The highest BCUT2D eigenvalue weighted by molar-refractivity contribution is 7.11. The van der Waals surface area contributed by atoms with E-state index in [1.807, 2.05) is 41.8 Å². The minimum atomic E-state index is -0.345. The monoisotopic (exact) mass is 363 g/mol. The van der Waals surface area contributed by atoms with Gasteiger partial charge in [-0.05, 0) is 47.4 Å². The van der Waals surface area contributed by atoms with E-state index in [-0.39, 0.29) is 11.7 Å². The number of hydrogen-bond acceptors (Lipinski definition) is 3. The third-order valence-electron chi connectivity index (χ3n) is 3.85. The Morgan fingerprint density at radius 3 is 2.62 bits per heavy atom. The minimum absolute atomic E-state index is 0.316. The van der Waals surface area contributed by atoms with Gasteiger partial charge in [-0.1, -0.05) is 30.3 Å². The number of aromatic nitrogens is 2. The lowest BCUT2D eigenvalue weighted by Gasteiger charge is -2.07. The molecule has 0 fully saturated rings. The summed E-state index contributed by atoms with van der Waals surface area (Å²) in [4.78, 5) is 21.2. The number of nitrogens with one attached hydrogen (secondary N) is 2. The number of para-hydroxylation sites is 2. The van der Waals surface area contributed by atoms with Gasteiger partial charge in [0.2, 0.25) is 5.95 Å². The molecule has 4 rings (SSSR count). The largest absolute Gasteiger partial charge is 0.324 e. The molecule has 0 bridgehead atoms. The second-order valence-electron chi connectivity index (χ2n) is 5.64. The Morgan fingerprint density at radius 2 is 1.88 bits per heavy atom. The number of fused-ring (bicyclic) bond motifs is 1. The van der Waals surface area contributed by atoms with Crippen molar-refractivity contribution in [1.29, 1.82) is 0 Å². The first kappa shape index (κ1) is 16.2. The van der Waals surface area contributed by atoms with Crippen LogP contribution in [0.4, 0.5) is 10.3 Å². The first-order valence-corrected chi connectivity index (χ1v) is 8.84. The fourth-order valence-corrected chi connectivity index (χ4v) is 3.27. The SMILES string of the molecule is O=C(Nc1nc2ccccc2[nH]1)C(=Cc1cccs1)c1ccc(F)cc1. The normalized spacial score (nSPS) is 11.7. The molecule has 0 radical (unpaired) electrons. The molecule has 0 aliphatic heterocycles. The molecule has 6 heteroatoms. The lowest BCUT2D eigenvalue weighted by atomic mass is 10.0. The maximum atomic E-state index is 13.3. The zero-order valence-electron chi connectivity index (χ0n) is 13.6. The van der Waals surface area contributed by atoms with E-state index >= 15 is 0 Å². The summed E-state index contributed by atoms with van der Waals surface area (Å²) in [6.45, 7) is 0. The summed E-state index contributed by atoms with van der Waals surface area (Å²) >= 11 is 1.52. The molecule has 0 spiro atoms. The molecule has 0 aliphatic carbocycles. The summed E-state index contributed by atoms with van der Waals surface area (Å²) < 4.78 is 13.3. The van der Waals surface area contributed by atoms with E-state index in [0.717, 1.165) is 15.9 Å². The van der Waals surface area contributed by atoms with E-state index in [4.69, 9.17) is 0 Å². The summed E-state index contributed by atoms with van der Waals surface area (Å²) in [5, 5.41) is 4.73. The number of amides is 1. The van der Waals surface area contributed by atoms with Crippen LogP contribution >= 0.6 is 11.3 Å². The average Bonchev–Trinajstić information content (AvgIpc) is 3.29. The number of rotatable bonds is 4. The van der Waals surface area contributed by atoms with Gasteiger partial charge in [-0.3, -0.25) is 10.1 Å². The number of H-pyrrole nitrogens is 1. The summed E-state index contributed by atoms with van der Waals surface area (Å²) in [5.41, 5.74) is 2.68. The Balaban J connectivity index is 1.68. The van der Waals surface area contributed by atoms with Crippen LogP contribution in [0.5, 0.6) is 0 Å². The molecule has 0 saturated carbocycles. The number of thiophene rings is 1. The summed E-state index contributed by atoms with van der Waals surface area (Å²) in [6.07, 6.45) is 1.79. The van der Waals surface area contributed by atoms with Crippen molar-refractivity contribution in [3.63, 3.8) is 0 Å². The van der Waals surface area contributed by atoms with E-state index in [9.17, 15) is 9.18 Å². The van der Waals surface area contributed by atoms with Gasteiger partial charge in [0.1, 0.15) is 5.82 Å². The van der Waals surface area contributed by atoms with Gasteiger partial charge < -0.3 is 4.98 Å². The standard InChI is InChI=1S/C20H14FN3OS/c21-14-9-7-13(8-10-14)16(12-15-4-3-11-26-15)19(25)24-20-22-17-5-1-2-6-18(17)23-20/h1-12H,(H2,22,23,24,25). The molecule has 4 nitrogen and oxygen atoms in total. The van der Waals surface area contributed by atoms with Crippen molar-refractivity contribution in [2.45, 2.75) is 0 Å². The van der Waals surface area contributed by atoms with E-state index in [0.29, 0.717) is 17.1 Å². The second kappa shape index (κ2) is 6.93. The Bertz CT molecular complexity index is 1050. The average molecular weight is 363 g/mol. The lowest BCUT2D eigenvalue weighted by molar-refractivity contribution is -0.111. The van der Waals surface area contributed by atoms with E-state index in [1.54, 1.807) is 18.2 Å². The van der Waals surface area contributed by atoms with Gasteiger partial charge in [0.15, 0.2) is 0 Å². The smallest absolute Gasteiger partial charge is 0.258 e. The molecular formula is C20H14FN3OS. The van der Waals surface area contributed by atoms with Gasteiger partial charge >= 0.3 is 0 Å². The fourth-order valence-electron chi connectivity index (χ4n) is 2.61. The Labute approximate surface area is 153 Å². The van der Waals surface area contributed by atoms with Gasteiger partial charge in [0, 0.05) is 10.5 Å². The molecule has 0 unspecified atom stereocenters. The Kier molecular flexibility index (Phi) is 4.33. The zero-order chi connectivity index (χ0) is 17.9. The van der Waals surface area contributed by atoms with E-state index in [2.05, 4.69) is 15.3 Å². The quantitative estimate of drug-likeness (QED) is 0.505. The van der Waals surface area contributed by atoms with Crippen LogP contribution in [0, 0.1) is 5.82 Å². The molecule has 2 aromatic heterocycles. The highest BCUT2D eigenvalue weighted by atomic mass is 32.1. The summed E-state index contributed by atoms with van der Waals surface area (Å²) in [7, 11) is 0. The van der Waals surface area contributed by atoms with E-state index < -0.39 is 0 Å². The molecular weight excluding hydrogens is 349 g/mol. The van der Waals surface area contributed by atoms with Crippen molar-refractivity contribution in [2.75, 3.05) is 5.32 Å². The van der Waals surface area contributed by atoms with Gasteiger partial charge in [-0.15, -0.1) is 11.3 Å². The van der Waals surface area contributed by atoms with Crippen molar-refractivity contribution < 1.29 is 9.18 Å². The lowest BCUT2D eigenvalue weighted by Crippen LogP contribution is -2.14. The van der Waals surface area contributed by atoms with Crippen molar-refractivity contribution in [1.82, 2.24) is 9.97 Å². The second-order valence-corrected chi connectivity index (χ2v) is 6.62. The zero-order valence-corrected chi connectivity index (χ0v) is 14.4. The van der Waals surface area contributed by atoms with Crippen LogP contribution in [0.2, 0.25) is 0 Å². The van der Waals surface area contributed by atoms with E-state index in [1.165, 1.54) is 23.5 Å². The summed E-state index contributed by atoms with van der Waals surface area (Å²) in [5.74, 6) is -0.290. The van der Waals surface area contributed by atoms with Crippen LogP contribution < -0.4 is 5.32 Å². The van der Waals surface area contributed by atoms with Crippen LogP contribution in [-0.2, 0) is 4.79 Å². The Hall–Kier alpha value is -3.25. The molecule has 4 aromatic rings. The number of carbonyl (C=O) groups is 1. The number of hydrogen-bond donors (Lipinski definition) is 2. The summed E-state index contributed by atoms with van der Waals surface area (Å²) in [6, 6.07) is 17.2. The topological polar surface area (TPSA) is 57.8 Å². The minimum Gasteiger partial charge on any atom is -0.324 e. The van der Waals surface area contributed by atoms with Gasteiger partial charge in [0.05, 0.1) is 11.0 Å². The molecule has 2 N–H and O–H groups in total. The van der Waals surface area contributed by atoms with Gasteiger partial charge in [-0.25, -0.2) is 9.37 Å². The number of nitrogens with zero attached hydrogens (tertiary/aromatic N) is 1. The maximum Gasteiger partial charge on any atom is 0.258 e. The number of imidazole rings is 1. The highest BCUT2D eigenvalue weighted by Crippen LogP contribution is 2.23. The van der Waals surface area contributed by atoms with Gasteiger partial charge in [-0.2, -0.15) is 0 Å². The number of aromatic amines is 1. The number of carbonyl (C=O) groups excluding carboxylic acids is 1. The van der Waals surface area contributed by atoms with Crippen molar-refractivity contribution in [3.05, 3.63) is 82.3 Å². The van der Waals surface area contributed by atoms with Gasteiger partial charge in [0.25, 0.3) is 5.91 Å². The number of halogens is 1. The van der Waals surface area contributed by atoms with Crippen LogP contribution in [0.15, 0.2) is 66.0 Å². The first-order valence-electron chi connectivity index (χ1n) is 7.96. The van der Waals surface area contributed by atoms with Crippen molar-refractivity contribution in [2.24, 2.45) is 0 Å². The third-order valence-corrected chi connectivity index (χ3v) is 4.67. The van der Waals surface area contributed by atoms with Crippen LogP contribution in [0.25, 0.3) is 22.7 Å². The molecule has 128 valence electrons. The van der Waals surface area contributed by atoms with Crippen molar-refractivity contribution >= 4 is 45.9 Å². The molecule has 26 heavy (non-hydrogen) atoms. The molecule has 1 amide bonds. The fraction of sp³-hybridized carbons (Fsp3) is 0. The molecule has 2 heterocycles. The third kappa shape index (κ3) is 3.41. The Morgan fingerprint density at radius 1 is 1.08 bits per heavy atom. The maximum absolute atomic E-state index is 13.3. The van der Waals surface area contributed by atoms with Crippen LogP contribution in [-0.4, -0.2) is 15.9 Å². The highest BCUT2D eigenvalue weighted by Gasteiger charge is 2.15. The first-order chi connectivity index (χ1) is 12.7. The number of benzene rings is 2. The van der Waals surface area contributed by atoms with Crippen molar-refractivity contribution in [3.8, 4) is 0 Å². The number of anilines is 1. The predicted molar refractivity (Wildman–Crippen MR) is 103 cm³/mol. The molecule has 0 saturated heterocycles. The van der Waals surface area contributed by atoms with Crippen LogP contribution in [0.1, 0.15) is 10.4 Å². The predicted octanol–water partition coefficient (Wildman–Crippen LogP) is 4.94. The molecule has 0 aliphatic rings. The van der Waals surface area contributed by atoms with Crippen LogP contribution in [0.3, 0.4) is 0 Å². The molecule has 0 atom stereocenters.